The first-order valence-corrected chi connectivity index (χ1v) is 8.13. The van der Waals surface area contributed by atoms with Gasteiger partial charge in [0.2, 0.25) is 0 Å². The summed E-state index contributed by atoms with van der Waals surface area (Å²) in [5.74, 6) is 0. The standard InChI is InChI=1S/C14H17N3OS2/c18-13(15-9-4-2-1-3-5-9)16-10-6-7-11-12(8-10)20-14(19)17-11/h6-9H,1-5H2,(H,17,19)(H2,15,16,18). The van der Waals surface area contributed by atoms with Crippen molar-refractivity contribution in [1.82, 2.24) is 10.3 Å². The van der Waals surface area contributed by atoms with Gasteiger partial charge in [-0.3, -0.25) is 0 Å². The predicted octanol–water partition coefficient (Wildman–Crippen LogP) is 4.41. The highest BCUT2D eigenvalue weighted by Crippen LogP contribution is 2.23. The van der Waals surface area contributed by atoms with Crippen LogP contribution in [0.5, 0.6) is 0 Å². The molecule has 0 spiro atoms. The second kappa shape index (κ2) is 5.93. The molecular weight excluding hydrogens is 290 g/mol. The molecule has 4 nitrogen and oxygen atoms in total. The molecule has 0 atom stereocenters. The number of urea groups is 1. The van der Waals surface area contributed by atoms with Crippen LogP contribution in [0.15, 0.2) is 18.2 Å². The van der Waals surface area contributed by atoms with E-state index in [4.69, 9.17) is 12.2 Å². The Labute approximate surface area is 126 Å². The number of hydrogen-bond donors (Lipinski definition) is 3. The van der Waals surface area contributed by atoms with E-state index in [1.807, 2.05) is 18.2 Å². The van der Waals surface area contributed by atoms with Crippen molar-refractivity contribution < 1.29 is 4.79 Å². The first-order valence-electron chi connectivity index (χ1n) is 6.91. The van der Waals surface area contributed by atoms with Crippen LogP contribution in [-0.4, -0.2) is 17.1 Å². The summed E-state index contributed by atoms with van der Waals surface area (Å²) in [7, 11) is 0. The highest BCUT2D eigenvalue weighted by molar-refractivity contribution is 7.73. The minimum Gasteiger partial charge on any atom is -0.337 e. The number of anilines is 1. The van der Waals surface area contributed by atoms with Crippen molar-refractivity contribution in [1.29, 1.82) is 0 Å². The zero-order chi connectivity index (χ0) is 13.9. The van der Waals surface area contributed by atoms with E-state index in [-0.39, 0.29) is 6.03 Å². The van der Waals surface area contributed by atoms with E-state index in [9.17, 15) is 4.79 Å². The van der Waals surface area contributed by atoms with Gasteiger partial charge in [0, 0.05) is 11.7 Å². The SMILES string of the molecule is O=C(Nc1ccc2[nH]c(=S)sc2c1)NC1CCCCC1. The third-order valence-electron chi connectivity index (χ3n) is 3.62. The Morgan fingerprint density at radius 3 is 2.90 bits per heavy atom. The molecule has 0 saturated heterocycles. The maximum Gasteiger partial charge on any atom is 0.319 e. The zero-order valence-electron chi connectivity index (χ0n) is 11.1. The van der Waals surface area contributed by atoms with Crippen molar-refractivity contribution in [2.24, 2.45) is 0 Å². The quantitative estimate of drug-likeness (QED) is 0.720. The number of carbonyl (C=O) groups excluding carboxylic acids is 1. The second-order valence-electron chi connectivity index (χ2n) is 5.16. The lowest BCUT2D eigenvalue weighted by Crippen LogP contribution is -2.38. The van der Waals surface area contributed by atoms with E-state index in [0.29, 0.717) is 6.04 Å². The van der Waals surface area contributed by atoms with E-state index in [1.54, 1.807) is 0 Å². The molecule has 0 aliphatic heterocycles. The molecule has 1 aliphatic rings. The lowest BCUT2D eigenvalue weighted by molar-refractivity contribution is 0.244. The number of fused-ring (bicyclic) bond motifs is 1. The van der Waals surface area contributed by atoms with Crippen LogP contribution >= 0.6 is 23.6 Å². The average molecular weight is 307 g/mol. The summed E-state index contributed by atoms with van der Waals surface area (Å²) in [5, 5.41) is 5.94. The molecule has 0 radical (unpaired) electrons. The van der Waals surface area contributed by atoms with Gasteiger partial charge < -0.3 is 15.6 Å². The fourth-order valence-electron chi connectivity index (χ4n) is 2.62. The molecule has 6 heteroatoms. The van der Waals surface area contributed by atoms with E-state index >= 15 is 0 Å². The molecule has 2 aromatic rings. The molecule has 3 rings (SSSR count). The maximum absolute atomic E-state index is 12.0. The van der Waals surface area contributed by atoms with Gasteiger partial charge in [-0.2, -0.15) is 0 Å². The van der Waals surface area contributed by atoms with Gasteiger partial charge >= 0.3 is 6.03 Å². The number of nitrogens with one attached hydrogen (secondary N) is 3. The molecule has 3 N–H and O–H groups in total. The minimum absolute atomic E-state index is 0.115. The first kappa shape index (κ1) is 13.6. The molecule has 1 fully saturated rings. The summed E-state index contributed by atoms with van der Waals surface area (Å²) < 4.78 is 1.81. The van der Waals surface area contributed by atoms with Crippen LogP contribution in [0.1, 0.15) is 32.1 Å². The normalized spacial score (nSPS) is 16.2. The third-order valence-corrected chi connectivity index (χ3v) is 4.82. The van der Waals surface area contributed by atoms with Crippen molar-refractivity contribution in [3.05, 3.63) is 22.2 Å². The molecule has 0 unspecified atom stereocenters. The molecule has 1 saturated carbocycles. The van der Waals surface area contributed by atoms with Gasteiger partial charge in [-0.25, -0.2) is 4.79 Å². The van der Waals surface area contributed by atoms with Crippen LogP contribution in [-0.2, 0) is 0 Å². The Kier molecular flexibility index (Phi) is 4.03. The highest BCUT2D eigenvalue weighted by Gasteiger charge is 2.15. The molecule has 1 heterocycles. The van der Waals surface area contributed by atoms with E-state index in [1.165, 1.54) is 30.6 Å². The minimum atomic E-state index is -0.115. The summed E-state index contributed by atoms with van der Waals surface area (Å²) in [6.45, 7) is 0. The van der Waals surface area contributed by atoms with Crippen molar-refractivity contribution in [3.63, 3.8) is 0 Å². The molecule has 106 valence electrons. The molecule has 1 aromatic heterocycles. The Morgan fingerprint density at radius 2 is 2.10 bits per heavy atom. The second-order valence-corrected chi connectivity index (χ2v) is 6.88. The average Bonchev–Trinajstić information content (AvgIpc) is 2.79. The molecule has 2 amide bonds. The Hall–Kier alpha value is -1.40. The fourth-order valence-corrected chi connectivity index (χ4v) is 3.78. The van der Waals surface area contributed by atoms with Crippen LogP contribution in [0.2, 0.25) is 0 Å². The maximum atomic E-state index is 12.0. The largest absolute Gasteiger partial charge is 0.337 e. The molecule has 1 aliphatic carbocycles. The van der Waals surface area contributed by atoms with Gasteiger partial charge in [0.25, 0.3) is 0 Å². The number of amides is 2. The summed E-state index contributed by atoms with van der Waals surface area (Å²) >= 11 is 6.63. The number of benzene rings is 1. The Morgan fingerprint density at radius 1 is 1.30 bits per heavy atom. The molecule has 1 aromatic carbocycles. The lowest BCUT2D eigenvalue weighted by Gasteiger charge is -2.22. The summed E-state index contributed by atoms with van der Waals surface area (Å²) in [6, 6.07) is 5.99. The number of aromatic amines is 1. The monoisotopic (exact) mass is 307 g/mol. The first-order chi connectivity index (χ1) is 9.70. The van der Waals surface area contributed by atoms with Gasteiger partial charge in [0.15, 0.2) is 3.95 Å². The highest BCUT2D eigenvalue weighted by atomic mass is 32.1. The third kappa shape index (κ3) is 3.19. The molecule has 20 heavy (non-hydrogen) atoms. The van der Waals surface area contributed by atoms with Crippen LogP contribution in [0.25, 0.3) is 10.2 Å². The van der Waals surface area contributed by atoms with Crippen LogP contribution < -0.4 is 10.6 Å². The van der Waals surface area contributed by atoms with E-state index in [2.05, 4.69) is 15.6 Å². The summed E-state index contributed by atoms with van der Waals surface area (Å²) in [5.41, 5.74) is 1.81. The topological polar surface area (TPSA) is 56.9 Å². The van der Waals surface area contributed by atoms with Gasteiger partial charge in [-0.05, 0) is 43.3 Å². The van der Waals surface area contributed by atoms with Crippen molar-refractivity contribution in [3.8, 4) is 0 Å². The summed E-state index contributed by atoms with van der Waals surface area (Å²) in [6.07, 6.45) is 5.89. The fraction of sp³-hybridized carbons (Fsp3) is 0.429. The number of thiazole rings is 1. The lowest BCUT2D eigenvalue weighted by atomic mass is 9.96. The Bertz CT molecular complexity index is 670. The van der Waals surface area contributed by atoms with Gasteiger partial charge in [0.1, 0.15) is 0 Å². The van der Waals surface area contributed by atoms with E-state index < -0.39 is 0 Å². The summed E-state index contributed by atoms with van der Waals surface area (Å²) in [4.78, 5) is 15.1. The zero-order valence-corrected chi connectivity index (χ0v) is 12.7. The van der Waals surface area contributed by atoms with Crippen LogP contribution in [0.3, 0.4) is 0 Å². The Balaban J connectivity index is 1.65. The van der Waals surface area contributed by atoms with Gasteiger partial charge in [-0.15, -0.1) is 11.3 Å². The van der Waals surface area contributed by atoms with Crippen molar-refractivity contribution in [2.75, 3.05) is 5.32 Å². The van der Waals surface area contributed by atoms with Crippen LogP contribution in [0, 0.1) is 3.95 Å². The number of H-pyrrole nitrogens is 1. The molecule has 0 bridgehead atoms. The predicted molar refractivity (Wildman–Crippen MR) is 86.0 cm³/mol. The number of aromatic nitrogens is 1. The number of rotatable bonds is 2. The van der Waals surface area contributed by atoms with Gasteiger partial charge in [0.05, 0.1) is 10.2 Å². The van der Waals surface area contributed by atoms with Gasteiger partial charge in [-0.1, -0.05) is 19.3 Å². The van der Waals surface area contributed by atoms with Crippen molar-refractivity contribution in [2.45, 2.75) is 38.1 Å². The van der Waals surface area contributed by atoms with Crippen molar-refractivity contribution >= 4 is 45.5 Å². The van der Waals surface area contributed by atoms with Crippen LogP contribution in [0.4, 0.5) is 10.5 Å². The molecular formula is C14H17N3OS2. The number of carbonyl (C=O) groups is 1. The number of hydrogen-bond acceptors (Lipinski definition) is 3. The smallest absolute Gasteiger partial charge is 0.319 e. The van der Waals surface area contributed by atoms with E-state index in [0.717, 1.165) is 32.7 Å².